The number of rotatable bonds is 12. The number of nitrogens with zero attached hydrogens (tertiary/aromatic N) is 12. The molecule has 12 nitrogen and oxygen atoms in total. The number of halogens is 3. The fraction of sp³-hybridized carbons (Fsp3) is 0.102. The van der Waals surface area contributed by atoms with E-state index in [1.165, 1.54) is 22.3 Å². The molecular weight excluding hydrogens is 1100 g/mol. The molecule has 4 heterocycles. The van der Waals surface area contributed by atoms with Gasteiger partial charge in [-0.2, -0.15) is 18.2 Å². The normalized spacial score (nSPS) is 11.2. The van der Waals surface area contributed by atoms with E-state index in [0.717, 1.165) is 35.8 Å². The Kier molecular flexibility index (Phi) is 16.6. The summed E-state index contributed by atoms with van der Waals surface area (Å²) in [6.45, 7) is 3.01. The molecule has 0 amide bonds. The van der Waals surface area contributed by atoms with E-state index in [1.54, 1.807) is 22.0 Å². The first-order valence-corrected chi connectivity index (χ1v) is 25.8. The van der Waals surface area contributed by atoms with Crippen LogP contribution in [0.15, 0.2) is 202 Å². The molecule has 0 unspecified atom stereocenters. The molecule has 0 spiro atoms. The second kappa shape index (κ2) is 24.6. The maximum atomic E-state index is 6.14. The molecule has 16 heteroatoms. The van der Waals surface area contributed by atoms with Crippen molar-refractivity contribution < 1.29 is 38.8 Å². The molecule has 0 radical (unpaired) electrons. The van der Waals surface area contributed by atoms with E-state index in [0.29, 0.717) is 13.1 Å². The van der Waals surface area contributed by atoms with Crippen molar-refractivity contribution in [1.82, 2.24) is 39.1 Å². The molecule has 65 heavy (non-hydrogen) atoms. The third-order valence-electron chi connectivity index (χ3n) is 9.61. The minimum absolute atomic E-state index is 0.715. The van der Waals surface area contributed by atoms with Crippen LogP contribution in [0, 0.1) is 18.7 Å². The Bertz CT molecular complexity index is 2630. The largest absolute Gasteiger partial charge is 0.338 e. The van der Waals surface area contributed by atoms with Gasteiger partial charge in [0, 0.05) is 16.3 Å². The van der Waals surface area contributed by atoms with Crippen LogP contribution >= 0.6 is 36.5 Å². The van der Waals surface area contributed by atoms with Crippen LogP contribution in [0.25, 0.3) is 22.7 Å². The molecule has 0 saturated heterocycles. The second-order valence-corrected chi connectivity index (χ2v) is 14.8. The number of benzene rings is 6. The van der Waals surface area contributed by atoms with Crippen molar-refractivity contribution in [2.75, 3.05) is 5.29 Å². The van der Waals surface area contributed by atoms with E-state index in [1.807, 2.05) is 146 Å². The van der Waals surface area contributed by atoms with Gasteiger partial charge in [-0.25, -0.2) is 24.6 Å². The molecular formula is C49H43BrCl2N12Pt+. The van der Waals surface area contributed by atoms with E-state index in [9.17, 15) is 0 Å². The van der Waals surface area contributed by atoms with Gasteiger partial charge in [-0.05, 0) is 34.4 Å². The SMILES string of the molecule is [2H]C([2H])(Cl)Cl.[Br][Pt].[c-]1c(-n2[c-][n+](Cc3ccccc3)cn2)cccc1-n1[c-][n+](Cc2ccccc2)cn1.c1ccc(C[n+]2cnn(-c3cccc(-n4c[n+](Cc5ccccc5)cn4)c3)c2)cc1. The van der Waals surface area contributed by atoms with Gasteiger partial charge in [-0.3, -0.25) is 0 Å². The van der Waals surface area contributed by atoms with Gasteiger partial charge in [0.15, 0.2) is 25.3 Å². The van der Waals surface area contributed by atoms with Crippen molar-refractivity contribution >= 4 is 36.5 Å². The molecule has 329 valence electrons. The molecule has 4 aromatic heterocycles. The minimum Gasteiger partial charge on any atom is -0.338 e. The summed E-state index contributed by atoms with van der Waals surface area (Å²) in [5.74, 6) is 0. The summed E-state index contributed by atoms with van der Waals surface area (Å²) in [6, 6.07) is 58.6. The third-order valence-corrected chi connectivity index (χ3v) is 9.61. The number of alkyl halides is 2. The first-order chi connectivity index (χ1) is 32.7. The van der Waals surface area contributed by atoms with Crippen molar-refractivity contribution in [3.63, 3.8) is 0 Å². The topological polar surface area (TPSA) is 86.8 Å². The Labute approximate surface area is 408 Å². The second-order valence-electron chi connectivity index (χ2n) is 14.2. The molecule has 10 aromatic rings. The Hall–Kier alpha value is -6.37. The van der Waals surface area contributed by atoms with E-state index < -0.39 is 5.29 Å². The molecule has 10 rings (SSSR count). The van der Waals surface area contributed by atoms with Gasteiger partial charge in [0.2, 0.25) is 12.7 Å². The average molecular weight is 1150 g/mol. The average Bonchev–Trinajstić information content (AvgIpc) is 4.21. The van der Waals surface area contributed by atoms with Crippen LogP contribution in [-0.2, 0) is 43.9 Å². The van der Waals surface area contributed by atoms with Gasteiger partial charge in [0.25, 0.3) is 12.7 Å². The van der Waals surface area contributed by atoms with Gasteiger partial charge in [0.1, 0.15) is 11.4 Å². The minimum atomic E-state index is -2.06. The summed E-state index contributed by atoms with van der Waals surface area (Å²) in [4.78, 5) is 0. The van der Waals surface area contributed by atoms with E-state index in [2.05, 4.69) is 164 Å². The van der Waals surface area contributed by atoms with Crippen LogP contribution in [0.5, 0.6) is 0 Å². The van der Waals surface area contributed by atoms with E-state index >= 15 is 0 Å². The van der Waals surface area contributed by atoms with Crippen molar-refractivity contribution in [3.8, 4) is 22.7 Å². The molecule has 0 aliphatic heterocycles. The molecule has 0 bridgehead atoms. The molecule has 0 aliphatic rings. The molecule has 0 aliphatic carbocycles. The van der Waals surface area contributed by atoms with Gasteiger partial charge < -0.3 is 9.13 Å². The smallest absolute Gasteiger partial charge is 0.265 e. The van der Waals surface area contributed by atoms with Gasteiger partial charge in [0.05, 0.1) is 34.2 Å². The number of hydrogen-bond donors (Lipinski definition) is 0. The first kappa shape index (κ1) is 43.9. The maximum absolute atomic E-state index is 6.14. The summed E-state index contributed by atoms with van der Waals surface area (Å²) < 4.78 is 27.4. The van der Waals surface area contributed by atoms with Crippen LogP contribution < -0.4 is 18.3 Å². The zero-order valence-corrected chi connectivity index (χ0v) is 40.1. The Morgan fingerprint density at radius 3 is 1.22 bits per heavy atom. The van der Waals surface area contributed by atoms with Crippen molar-refractivity contribution in [2.45, 2.75) is 26.2 Å². The molecule has 0 saturated carbocycles. The van der Waals surface area contributed by atoms with Crippen molar-refractivity contribution in [1.29, 1.82) is 0 Å². The van der Waals surface area contributed by atoms with Crippen LogP contribution in [0.4, 0.5) is 0 Å². The molecule has 0 fully saturated rings. The fourth-order valence-electron chi connectivity index (χ4n) is 6.65. The van der Waals surface area contributed by atoms with Gasteiger partial charge in [-0.1, -0.05) is 158 Å². The monoisotopic (exact) mass is 1150 g/mol. The van der Waals surface area contributed by atoms with E-state index in [4.69, 9.17) is 2.74 Å². The Balaban J connectivity index is 0.000000175. The molecule has 0 atom stereocenters. The molecule has 0 N–H and O–H groups in total. The quantitative estimate of drug-likeness (QED) is 0.0742. The summed E-state index contributed by atoms with van der Waals surface area (Å²) in [5, 5.41) is 15.8. The van der Waals surface area contributed by atoms with Crippen LogP contribution in [0.3, 0.4) is 0 Å². The van der Waals surface area contributed by atoms with Gasteiger partial charge in [-0.15, -0.1) is 23.2 Å². The fourth-order valence-corrected chi connectivity index (χ4v) is 6.65. The zero-order chi connectivity index (χ0) is 46.9. The standard InChI is InChI=1S/C24H22N6.C24H19N6.CH2Cl2.BrH.Pt/c2*1-3-8-21(9-4-1)15-27-17-25-29(19-27)23-12-7-13-24(14-23)30-20-28(18-26-30)16-22-10-5-2-6-11-22;2-1-3;;/h1-14,17-20H,15-16H2;1-13,17-18H,15-16H2;1H2;1H;/q+2;-1;;;+1/p-1/i;;1D2;;. The van der Waals surface area contributed by atoms with Crippen LogP contribution in [0.1, 0.15) is 25.0 Å². The summed E-state index contributed by atoms with van der Waals surface area (Å²) in [5.41, 5.74) is 8.45. The number of hydrogen-bond acceptors (Lipinski definition) is 4. The van der Waals surface area contributed by atoms with Gasteiger partial charge >= 0.3 is 31.1 Å². The number of aromatic nitrogens is 12. The Morgan fingerprint density at radius 2 is 0.831 bits per heavy atom. The predicted molar refractivity (Wildman–Crippen MR) is 246 cm³/mol. The van der Waals surface area contributed by atoms with Crippen molar-refractivity contribution in [3.05, 3.63) is 243 Å². The molecule has 6 aromatic carbocycles. The summed E-state index contributed by atoms with van der Waals surface area (Å²) >= 11 is 14.1. The summed E-state index contributed by atoms with van der Waals surface area (Å²) in [6.07, 6.45) is 17.7. The maximum Gasteiger partial charge on any atom is 0.265 e. The zero-order valence-electron chi connectivity index (χ0n) is 36.7. The predicted octanol–water partition coefficient (Wildman–Crippen LogP) is 7.12. The van der Waals surface area contributed by atoms with E-state index in [-0.39, 0.29) is 0 Å². The van der Waals surface area contributed by atoms with Crippen LogP contribution in [-0.4, -0.2) is 44.4 Å². The Morgan fingerprint density at radius 1 is 0.477 bits per heavy atom. The third kappa shape index (κ3) is 13.8. The summed E-state index contributed by atoms with van der Waals surface area (Å²) in [7, 11) is 0. The van der Waals surface area contributed by atoms with Crippen molar-refractivity contribution in [2.24, 2.45) is 0 Å². The first-order valence-electron chi connectivity index (χ1n) is 21.1. The van der Waals surface area contributed by atoms with Crippen LogP contribution in [0.2, 0.25) is 0 Å².